The summed E-state index contributed by atoms with van der Waals surface area (Å²) in [5, 5.41) is 13.5. The van der Waals surface area contributed by atoms with Gasteiger partial charge in [-0.3, -0.25) is 9.59 Å². The summed E-state index contributed by atoms with van der Waals surface area (Å²) in [4.78, 5) is 26.4. The normalized spacial score (nSPS) is 10.5. The Morgan fingerprint density at radius 3 is 2.62 bits per heavy atom. The van der Waals surface area contributed by atoms with Gasteiger partial charge in [0.25, 0.3) is 5.91 Å². The van der Waals surface area contributed by atoms with E-state index in [1.54, 1.807) is 6.07 Å². The van der Waals surface area contributed by atoms with Crippen LogP contribution in [0.1, 0.15) is 23.2 Å². The van der Waals surface area contributed by atoms with Gasteiger partial charge in [-0.25, -0.2) is 0 Å². The predicted octanol–water partition coefficient (Wildman–Crippen LogP) is 3.48. The average Bonchev–Trinajstić information content (AvgIpc) is 3.09. The zero-order chi connectivity index (χ0) is 20.8. The number of ether oxygens (including phenoxy) is 1. The van der Waals surface area contributed by atoms with E-state index in [2.05, 4.69) is 5.16 Å². The first kappa shape index (κ1) is 20.1. The molecular weight excluding hydrogens is 370 g/mol. The third kappa shape index (κ3) is 4.99. The van der Waals surface area contributed by atoms with Crippen LogP contribution in [0.2, 0.25) is 0 Å². The Hall–Kier alpha value is -3.66. The summed E-state index contributed by atoms with van der Waals surface area (Å²) < 4.78 is 10.3. The monoisotopic (exact) mass is 391 g/mol. The quantitative estimate of drug-likeness (QED) is 0.572. The lowest BCUT2D eigenvalue weighted by Gasteiger charge is -2.22. The second-order valence-corrected chi connectivity index (χ2v) is 6.76. The summed E-state index contributed by atoms with van der Waals surface area (Å²) in [7, 11) is 0. The van der Waals surface area contributed by atoms with Crippen LogP contribution in [0.4, 0.5) is 5.69 Å². The molecule has 0 aliphatic heterocycles. The fourth-order valence-corrected chi connectivity index (χ4v) is 3.14. The number of hydrogen-bond donors (Lipinski definition) is 0. The molecule has 1 amide bonds. The van der Waals surface area contributed by atoms with Gasteiger partial charge in [0.05, 0.1) is 18.9 Å². The molecule has 3 rings (SSSR count). The molecule has 7 nitrogen and oxygen atoms in total. The summed E-state index contributed by atoms with van der Waals surface area (Å²) in [6.45, 7) is 3.69. The Bertz CT molecular complexity index is 1060. The number of carbonyl (C=O) groups is 2. The molecule has 7 heteroatoms. The predicted molar refractivity (Wildman–Crippen MR) is 107 cm³/mol. The van der Waals surface area contributed by atoms with Crippen LogP contribution in [0.15, 0.2) is 47.0 Å². The number of benzene rings is 2. The minimum Gasteiger partial charge on any atom is -0.455 e. The van der Waals surface area contributed by atoms with Crippen molar-refractivity contribution in [3.63, 3.8) is 0 Å². The molecule has 1 aromatic heterocycles. The third-order valence-electron chi connectivity index (χ3n) is 4.39. The number of rotatable bonds is 7. The van der Waals surface area contributed by atoms with Gasteiger partial charge in [0.1, 0.15) is 5.69 Å². The molecule has 0 bridgehead atoms. The van der Waals surface area contributed by atoms with Gasteiger partial charge in [-0.1, -0.05) is 23.4 Å². The van der Waals surface area contributed by atoms with Crippen LogP contribution in [-0.2, 0) is 20.7 Å². The van der Waals surface area contributed by atoms with E-state index in [1.165, 1.54) is 4.90 Å². The zero-order valence-corrected chi connectivity index (χ0v) is 16.3. The molecule has 3 aromatic rings. The van der Waals surface area contributed by atoms with E-state index < -0.39 is 12.6 Å². The average molecular weight is 391 g/mol. The molecule has 0 aliphatic rings. The standard InChI is InChI=1S/C22H21N3O4/c1-15-10-16(2)12-17(11-15)25(9-5-8-23)21(26)14-28-22(27)13-19-18-6-3-4-7-20(18)29-24-19/h3-4,6-7,10-12H,5,9,13-14H2,1-2H3. The summed E-state index contributed by atoms with van der Waals surface area (Å²) in [6, 6.07) is 15.0. The first-order valence-corrected chi connectivity index (χ1v) is 9.22. The molecule has 1 heterocycles. The van der Waals surface area contributed by atoms with Crippen LogP contribution in [0.3, 0.4) is 0 Å². The van der Waals surface area contributed by atoms with Gasteiger partial charge in [0.2, 0.25) is 0 Å². The minimum absolute atomic E-state index is 0.0912. The van der Waals surface area contributed by atoms with Crippen molar-refractivity contribution in [1.82, 2.24) is 5.16 Å². The Kier molecular flexibility index (Phi) is 6.25. The molecule has 0 aliphatic carbocycles. The van der Waals surface area contributed by atoms with Gasteiger partial charge in [-0.15, -0.1) is 0 Å². The highest BCUT2D eigenvalue weighted by Crippen LogP contribution is 2.20. The van der Waals surface area contributed by atoms with Crippen LogP contribution in [0.5, 0.6) is 0 Å². The maximum Gasteiger partial charge on any atom is 0.312 e. The first-order valence-electron chi connectivity index (χ1n) is 9.22. The van der Waals surface area contributed by atoms with Gasteiger partial charge in [-0.05, 0) is 49.2 Å². The Morgan fingerprint density at radius 2 is 1.90 bits per heavy atom. The fraction of sp³-hybridized carbons (Fsp3) is 0.273. The number of nitrogens with zero attached hydrogens (tertiary/aromatic N) is 3. The summed E-state index contributed by atoms with van der Waals surface area (Å²) in [5.74, 6) is -0.957. The van der Waals surface area contributed by atoms with Gasteiger partial charge in [0, 0.05) is 17.6 Å². The number of fused-ring (bicyclic) bond motifs is 1. The maximum atomic E-state index is 12.7. The molecule has 0 saturated carbocycles. The zero-order valence-electron chi connectivity index (χ0n) is 16.3. The van der Waals surface area contributed by atoms with Crippen molar-refractivity contribution in [1.29, 1.82) is 5.26 Å². The molecule has 0 radical (unpaired) electrons. The highest BCUT2D eigenvalue weighted by Gasteiger charge is 2.19. The Morgan fingerprint density at radius 1 is 1.17 bits per heavy atom. The highest BCUT2D eigenvalue weighted by atomic mass is 16.5. The van der Waals surface area contributed by atoms with Crippen molar-refractivity contribution in [3.8, 4) is 6.07 Å². The smallest absolute Gasteiger partial charge is 0.312 e. The number of aryl methyl sites for hydroxylation is 2. The molecule has 2 aromatic carbocycles. The number of para-hydroxylation sites is 1. The van der Waals surface area contributed by atoms with Crippen molar-refractivity contribution in [2.24, 2.45) is 0 Å². The van der Waals surface area contributed by atoms with Crippen LogP contribution in [0.25, 0.3) is 11.0 Å². The van der Waals surface area contributed by atoms with Crippen LogP contribution < -0.4 is 4.90 Å². The van der Waals surface area contributed by atoms with Gasteiger partial charge in [-0.2, -0.15) is 5.26 Å². The number of hydrogen-bond acceptors (Lipinski definition) is 6. The molecular formula is C22H21N3O4. The minimum atomic E-state index is -0.571. The molecule has 148 valence electrons. The lowest BCUT2D eigenvalue weighted by atomic mass is 10.1. The van der Waals surface area contributed by atoms with Crippen molar-refractivity contribution < 1.29 is 18.8 Å². The second kappa shape index (κ2) is 9.02. The molecule has 0 spiro atoms. The van der Waals surface area contributed by atoms with E-state index in [1.807, 2.05) is 56.3 Å². The van der Waals surface area contributed by atoms with Crippen molar-refractivity contribution in [2.75, 3.05) is 18.1 Å². The van der Waals surface area contributed by atoms with E-state index in [4.69, 9.17) is 14.5 Å². The topological polar surface area (TPSA) is 96.4 Å². The summed E-state index contributed by atoms with van der Waals surface area (Å²) >= 11 is 0. The molecule has 0 unspecified atom stereocenters. The number of carbonyl (C=O) groups excluding carboxylic acids is 2. The van der Waals surface area contributed by atoms with E-state index in [9.17, 15) is 9.59 Å². The van der Waals surface area contributed by atoms with Crippen molar-refractivity contribution in [2.45, 2.75) is 26.7 Å². The fourth-order valence-electron chi connectivity index (χ4n) is 3.14. The summed E-state index contributed by atoms with van der Waals surface area (Å²) in [6.07, 6.45) is 0.0870. The first-order chi connectivity index (χ1) is 14.0. The molecule has 0 atom stereocenters. The highest BCUT2D eigenvalue weighted by molar-refractivity contribution is 5.95. The Balaban J connectivity index is 1.66. The lowest BCUT2D eigenvalue weighted by Crippen LogP contribution is -2.35. The van der Waals surface area contributed by atoms with Gasteiger partial charge < -0.3 is 14.2 Å². The number of esters is 1. The largest absolute Gasteiger partial charge is 0.455 e. The summed E-state index contributed by atoms with van der Waals surface area (Å²) in [5.41, 5.74) is 3.74. The van der Waals surface area contributed by atoms with Crippen LogP contribution >= 0.6 is 0 Å². The van der Waals surface area contributed by atoms with Crippen LogP contribution in [-0.4, -0.2) is 30.2 Å². The van der Waals surface area contributed by atoms with Gasteiger partial charge in [0.15, 0.2) is 12.2 Å². The number of aromatic nitrogens is 1. The molecule has 29 heavy (non-hydrogen) atoms. The maximum absolute atomic E-state index is 12.7. The Labute approximate surface area is 168 Å². The van der Waals surface area contributed by atoms with E-state index in [0.29, 0.717) is 17.0 Å². The second-order valence-electron chi connectivity index (χ2n) is 6.76. The number of amides is 1. The molecule has 0 fully saturated rings. The van der Waals surface area contributed by atoms with E-state index >= 15 is 0 Å². The number of nitriles is 1. The van der Waals surface area contributed by atoms with E-state index in [-0.39, 0.29) is 25.3 Å². The number of anilines is 1. The molecule has 0 N–H and O–H groups in total. The lowest BCUT2D eigenvalue weighted by molar-refractivity contribution is -0.147. The molecule has 0 saturated heterocycles. The van der Waals surface area contributed by atoms with E-state index in [0.717, 1.165) is 16.5 Å². The SMILES string of the molecule is Cc1cc(C)cc(N(CCC#N)C(=O)COC(=O)Cc2noc3ccccc23)c1. The van der Waals surface area contributed by atoms with Crippen molar-refractivity contribution >= 4 is 28.5 Å². The van der Waals surface area contributed by atoms with Crippen molar-refractivity contribution in [3.05, 3.63) is 59.3 Å². The third-order valence-corrected chi connectivity index (χ3v) is 4.39. The van der Waals surface area contributed by atoms with Crippen LogP contribution in [0, 0.1) is 25.2 Å². The van der Waals surface area contributed by atoms with Gasteiger partial charge >= 0.3 is 5.97 Å².